The second-order valence-corrected chi connectivity index (χ2v) is 23.8. The van der Waals surface area contributed by atoms with Crippen LogP contribution in [0.4, 0.5) is 28.3 Å². The summed E-state index contributed by atoms with van der Waals surface area (Å²) >= 11 is 0. The van der Waals surface area contributed by atoms with E-state index < -0.39 is 48.6 Å². The minimum atomic E-state index is -1.19. The van der Waals surface area contributed by atoms with Gasteiger partial charge in [0.25, 0.3) is 0 Å². The highest BCUT2D eigenvalue weighted by Gasteiger charge is 2.47. The highest BCUT2D eigenvalue weighted by molar-refractivity contribution is 5.86. The molecule has 2 unspecified atom stereocenters. The third kappa shape index (κ3) is 11.5. The first kappa shape index (κ1) is 58.1. The molecule has 2 saturated heterocycles. The quantitative estimate of drug-likeness (QED) is 0.0520. The fourth-order valence-electron chi connectivity index (χ4n) is 13.4. The van der Waals surface area contributed by atoms with Crippen LogP contribution < -0.4 is 31.1 Å². The van der Waals surface area contributed by atoms with Crippen molar-refractivity contribution in [2.75, 3.05) is 59.7 Å². The van der Waals surface area contributed by atoms with Crippen LogP contribution in [0.5, 0.6) is 0 Å². The Morgan fingerprint density at radius 2 is 0.878 bits per heavy atom. The molecule has 27 heteroatoms. The van der Waals surface area contributed by atoms with E-state index in [2.05, 4.69) is 110 Å². The van der Waals surface area contributed by atoms with Crippen molar-refractivity contribution in [1.82, 2.24) is 90.1 Å². The maximum Gasteiger partial charge on any atom is 0.315 e. The number of aliphatic hydroxyl groups is 4. The van der Waals surface area contributed by atoms with Crippen molar-refractivity contribution >= 4 is 51.9 Å². The molecule has 0 bridgehead atoms. The minimum absolute atomic E-state index is 0.0381. The summed E-state index contributed by atoms with van der Waals surface area (Å²) in [5.41, 5.74) is 6.48. The number of carbonyl (C=O) groups excluding carboxylic acids is 1. The van der Waals surface area contributed by atoms with Crippen LogP contribution in [0.1, 0.15) is 109 Å². The summed E-state index contributed by atoms with van der Waals surface area (Å²) in [5, 5.41) is 85.6. The van der Waals surface area contributed by atoms with Gasteiger partial charge in [0.15, 0.2) is 45.6 Å². The van der Waals surface area contributed by atoms with E-state index >= 15 is 0 Å². The van der Waals surface area contributed by atoms with Gasteiger partial charge in [-0.15, -0.1) is 20.4 Å². The maximum absolute atomic E-state index is 14.1. The lowest BCUT2D eigenvalue weighted by molar-refractivity contribution is 0.00473. The Kier molecular flexibility index (Phi) is 16.2. The summed E-state index contributed by atoms with van der Waals surface area (Å²) in [6.45, 7) is 6.74. The summed E-state index contributed by atoms with van der Waals surface area (Å²) in [5.74, 6) is 2.87. The first-order valence-electron chi connectivity index (χ1n) is 31.1. The molecule has 6 aromatic heterocycles. The van der Waals surface area contributed by atoms with Gasteiger partial charge in [-0.1, -0.05) is 135 Å². The average molecular weight is 1220 g/mol. The molecule has 2 aliphatic carbocycles. The summed E-state index contributed by atoms with van der Waals surface area (Å²) < 4.78 is 3.63. The Balaban J connectivity index is 0.697. The Bertz CT molecular complexity index is 3740. The number of hydrogen-bond donors (Lipinski definition) is 8. The number of tetrazole rings is 2. The van der Waals surface area contributed by atoms with Gasteiger partial charge < -0.3 is 60.6 Å². The van der Waals surface area contributed by atoms with Crippen molar-refractivity contribution in [2.45, 2.75) is 125 Å². The molecule has 4 fully saturated rings. The van der Waals surface area contributed by atoms with E-state index in [0.29, 0.717) is 135 Å². The number of carbonyl (C=O) groups is 1. The van der Waals surface area contributed by atoms with Crippen molar-refractivity contribution < 1.29 is 25.2 Å². The van der Waals surface area contributed by atoms with Gasteiger partial charge in [-0.3, -0.25) is 0 Å². The Morgan fingerprint density at radius 3 is 1.23 bits per heavy atom. The van der Waals surface area contributed by atoms with Crippen LogP contribution in [0.2, 0.25) is 0 Å². The van der Waals surface area contributed by atoms with E-state index in [1.54, 1.807) is 12.7 Å². The fourth-order valence-corrected chi connectivity index (χ4v) is 13.4. The zero-order valence-corrected chi connectivity index (χ0v) is 49.9. The molecule has 2 aliphatic heterocycles. The number of urea groups is 1. The van der Waals surface area contributed by atoms with Crippen molar-refractivity contribution in [3.05, 3.63) is 168 Å². The van der Waals surface area contributed by atoms with Gasteiger partial charge in [0.2, 0.25) is 11.9 Å². The second kappa shape index (κ2) is 25.1. The highest BCUT2D eigenvalue weighted by atomic mass is 16.3. The van der Waals surface area contributed by atoms with E-state index in [4.69, 9.17) is 29.9 Å². The molecule has 0 spiro atoms. The molecule has 2 amide bonds. The number of amides is 2. The Morgan fingerprint density at radius 1 is 0.511 bits per heavy atom. The second-order valence-electron chi connectivity index (χ2n) is 23.8. The largest absolute Gasteiger partial charge is 0.388 e. The number of nitrogens with zero attached hydrogens (tertiary/aromatic N) is 18. The predicted molar refractivity (Wildman–Crippen MR) is 334 cm³/mol. The zero-order chi connectivity index (χ0) is 61.4. The molecule has 464 valence electrons. The van der Waals surface area contributed by atoms with Crippen molar-refractivity contribution in [2.24, 2.45) is 0 Å². The molecule has 8 heterocycles. The van der Waals surface area contributed by atoms with Crippen molar-refractivity contribution in [3.8, 4) is 0 Å². The van der Waals surface area contributed by atoms with Crippen LogP contribution in [0.3, 0.4) is 0 Å². The fraction of sp³-hybridized carbons (Fsp3) is 0.413. The SMILES string of the molecule is CCc1nnn(C2C[C@@H](n3cnc4c(NCC(c5ccccc5)c5ccccc5)nc(N5CC[C@H](NC(=O)NC6CCN(c7nc(NCC(c8ccccc8)c8ccccc8)c8ncn([C@@H]9C[C@H](n%10nnc(CC)n%10)[C@@H](O)[C@H]9O)c8n7)C6)C5)nc43)[C@H](O)[C@@H]2O)n1. The molecule has 8 N–H and O–H groups in total. The third-order valence-corrected chi connectivity index (χ3v) is 18.3. The summed E-state index contributed by atoms with van der Waals surface area (Å²) in [6.07, 6.45) is 1.53. The van der Waals surface area contributed by atoms with Crippen LogP contribution in [0.25, 0.3) is 22.3 Å². The molecule has 10 aromatic rings. The van der Waals surface area contributed by atoms with Gasteiger partial charge >= 0.3 is 6.03 Å². The summed E-state index contributed by atoms with van der Waals surface area (Å²) in [6, 6.07) is 37.9. The van der Waals surface area contributed by atoms with E-state index in [1.165, 1.54) is 9.59 Å². The number of benzene rings is 4. The van der Waals surface area contributed by atoms with Gasteiger partial charge in [-0.25, -0.2) is 14.8 Å². The van der Waals surface area contributed by atoms with E-state index in [0.717, 1.165) is 22.3 Å². The van der Waals surface area contributed by atoms with Gasteiger partial charge in [0.1, 0.15) is 36.5 Å². The Hall–Kier alpha value is -9.57. The van der Waals surface area contributed by atoms with Crippen LogP contribution >= 0.6 is 0 Å². The molecule has 90 heavy (non-hydrogen) atoms. The number of fused-ring (bicyclic) bond motifs is 2. The molecular weight excluding hydrogens is 1140 g/mol. The van der Waals surface area contributed by atoms with Gasteiger partial charge in [-0.05, 0) is 58.4 Å². The monoisotopic (exact) mass is 1220 g/mol. The molecule has 27 nitrogen and oxygen atoms in total. The van der Waals surface area contributed by atoms with E-state index in [9.17, 15) is 25.2 Å². The number of rotatable bonds is 20. The van der Waals surface area contributed by atoms with Crippen molar-refractivity contribution in [1.29, 1.82) is 0 Å². The first-order valence-corrected chi connectivity index (χ1v) is 31.1. The lowest BCUT2D eigenvalue weighted by Crippen LogP contribution is -2.48. The number of aryl methyl sites for hydroxylation is 2. The summed E-state index contributed by atoms with van der Waals surface area (Å²) in [4.78, 5) is 51.3. The average Bonchev–Trinajstić information content (AvgIpc) is 1.97. The van der Waals surface area contributed by atoms with Gasteiger partial charge in [-0.2, -0.15) is 29.5 Å². The number of anilines is 4. The lowest BCUT2D eigenvalue weighted by Gasteiger charge is -2.23. The van der Waals surface area contributed by atoms with Crippen LogP contribution in [-0.2, 0) is 12.8 Å². The maximum atomic E-state index is 14.1. The molecule has 0 radical (unpaired) electrons. The number of aliphatic hydroxyl groups excluding tert-OH is 4. The Labute approximate surface area is 517 Å². The molecule has 14 rings (SSSR count). The number of hydrogen-bond acceptors (Lipinski definition) is 21. The normalized spacial score (nSPS) is 23.5. The highest BCUT2D eigenvalue weighted by Crippen LogP contribution is 2.42. The van der Waals surface area contributed by atoms with Gasteiger partial charge in [0, 0.05) is 76.0 Å². The number of nitrogens with one attached hydrogen (secondary N) is 4. The van der Waals surface area contributed by atoms with Crippen LogP contribution in [0, 0.1) is 0 Å². The van der Waals surface area contributed by atoms with Crippen LogP contribution in [-0.4, -0.2) is 182 Å². The minimum Gasteiger partial charge on any atom is -0.388 e. The zero-order valence-electron chi connectivity index (χ0n) is 49.9. The van der Waals surface area contributed by atoms with E-state index in [-0.39, 0.29) is 30.0 Å². The lowest BCUT2D eigenvalue weighted by atomic mass is 9.91. The van der Waals surface area contributed by atoms with Gasteiger partial charge in [0.05, 0.1) is 24.7 Å². The molecule has 4 aliphatic rings. The predicted octanol–water partition coefficient (Wildman–Crippen LogP) is 4.52. The molecule has 10 atom stereocenters. The standard InChI is InChI=1S/C63H72N22O5/c1-3-49-74-78-84(76-49)47-29-45(53(86)55(47)88)82-35-66-51-57(64-31-43(37-17-9-5-10-18-37)38-19-11-6-12-20-38)70-61(72-59(51)82)80-27-25-41(33-80)68-63(90)69-42-26-28-81(34-42)62-71-58(65-32-44(39-21-13-7-14-22-39)40-23-15-8-16-24-40)52-60(73-62)83(36-67-52)46-30-48(56(89)54(46)87)85-77-50(4-2)75-79-85/h5-24,35-36,41-48,53-56,86-89H,3-4,25-34H2,1-2H3,(H,64,70,72)(H,65,71,73)(H2,68,69,90)/t41-,42?,45+,46+,47?,48-,53-,54-,55+,56+/m0/s1. The number of imidazole rings is 2. The van der Waals surface area contributed by atoms with Crippen molar-refractivity contribution in [3.63, 3.8) is 0 Å². The molecule has 4 aromatic carbocycles. The topological polar surface area (TPSA) is 327 Å². The third-order valence-electron chi connectivity index (χ3n) is 18.3. The summed E-state index contributed by atoms with van der Waals surface area (Å²) in [7, 11) is 0. The number of aromatic nitrogens is 16. The smallest absolute Gasteiger partial charge is 0.315 e. The van der Waals surface area contributed by atoms with E-state index in [1.807, 2.05) is 95.8 Å². The molecular formula is C63H72N22O5. The molecule has 2 saturated carbocycles. The first-order chi connectivity index (χ1) is 44.0. The van der Waals surface area contributed by atoms with Crippen LogP contribution in [0.15, 0.2) is 134 Å².